The third kappa shape index (κ3) is 3.14. The maximum atomic E-state index is 14.1. The van der Waals surface area contributed by atoms with E-state index in [1.54, 1.807) is 24.3 Å². The zero-order valence-corrected chi connectivity index (χ0v) is 13.3. The van der Waals surface area contributed by atoms with Gasteiger partial charge in [0.05, 0.1) is 4.47 Å². The molecule has 0 saturated heterocycles. The van der Waals surface area contributed by atoms with Crippen LogP contribution in [0, 0.1) is 5.82 Å². The number of aryl methyl sites for hydroxylation is 1. The Morgan fingerprint density at radius 3 is 2.65 bits per heavy atom. The lowest BCUT2D eigenvalue weighted by Gasteiger charge is -2.11. The normalized spacial score (nSPS) is 10.7. The van der Waals surface area contributed by atoms with Crippen LogP contribution in [0.4, 0.5) is 4.39 Å². The topological polar surface area (TPSA) is 35.2 Å². The van der Waals surface area contributed by atoms with Crippen molar-refractivity contribution in [1.29, 1.82) is 0 Å². The van der Waals surface area contributed by atoms with E-state index in [0.717, 1.165) is 12.0 Å². The number of halogens is 3. The van der Waals surface area contributed by atoms with Crippen LogP contribution in [0.15, 0.2) is 34.8 Å². The molecule has 0 aliphatic heterocycles. The average molecular weight is 359 g/mol. The molecule has 106 valence electrons. The van der Waals surface area contributed by atoms with Gasteiger partial charge in [0.1, 0.15) is 5.75 Å². The van der Waals surface area contributed by atoms with Gasteiger partial charge in [-0.3, -0.25) is 0 Å². The molecule has 0 aliphatic carbocycles. The van der Waals surface area contributed by atoms with Gasteiger partial charge in [0.2, 0.25) is 0 Å². The summed E-state index contributed by atoms with van der Waals surface area (Å²) < 4.78 is 20.1. The molecule has 0 saturated carbocycles. The highest BCUT2D eigenvalue weighted by Gasteiger charge is 2.12. The van der Waals surface area contributed by atoms with Crippen molar-refractivity contribution in [2.75, 3.05) is 0 Å². The number of hydrogen-bond donors (Lipinski definition) is 1. The molecule has 0 unspecified atom stereocenters. The fraction of sp³-hybridized carbons (Fsp3) is 0.200. The standard InChI is InChI=1S/C15H14BrClFNO/c1-2-9-7-11(4-5-12(9)17)20-13-6-3-10(8-19)14(16)15(13)18/h3-7H,2,8,19H2,1H3. The maximum absolute atomic E-state index is 14.1. The minimum atomic E-state index is -0.457. The second kappa shape index (κ2) is 6.57. The van der Waals surface area contributed by atoms with E-state index in [1.165, 1.54) is 0 Å². The molecule has 2 aromatic rings. The van der Waals surface area contributed by atoms with Crippen LogP contribution >= 0.6 is 27.5 Å². The van der Waals surface area contributed by atoms with Crippen molar-refractivity contribution in [3.05, 3.63) is 56.8 Å². The monoisotopic (exact) mass is 357 g/mol. The highest BCUT2D eigenvalue weighted by atomic mass is 79.9. The summed E-state index contributed by atoms with van der Waals surface area (Å²) >= 11 is 9.23. The highest BCUT2D eigenvalue weighted by molar-refractivity contribution is 9.10. The van der Waals surface area contributed by atoms with Crippen LogP contribution in [0.5, 0.6) is 11.5 Å². The Labute approximate surface area is 130 Å². The van der Waals surface area contributed by atoms with Crippen molar-refractivity contribution < 1.29 is 9.13 Å². The zero-order chi connectivity index (χ0) is 14.7. The molecule has 0 bridgehead atoms. The van der Waals surface area contributed by atoms with E-state index in [1.807, 2.05) is 13.0 Å². The Bertz CT molecular complexity index is 634. The van der Waals surface area contributed by atoms with Crippen LogP contribution in [-0.2, 0) is 13.0 Å². The summed E-state index contributed by atoms with van der Waals surface area (Å²) in [5, 5.41) is 0.681. The van der Waals surface area contributed by atoms with E-state index in [2.05, 4.69) is 15.9 Å². The van der Waals surface area contributed by atoms with Gasteiger partial charge in [-0.15, -0.1) is 0 Å². The number of benzene rings is 2. The molecule has 0 spiro atoms. The first kappa shape index (κ1) is 15.3. The maximum Gasteiger partial charge on any atom is 0.180 e. The molecular formula is C15H14BrClFNO. The molecule has 0 atom stereocenters. The summed E-state index contributed by atoms with van der Waals surface area (Å²) in [5.41, 5.74) is 7.18. The lowest BCUT2D eigenvalue weighted by molar-refractivity contribution is 0.439. The van der Waals surface area contributed by atoms with Gasteiger partial charge in [0, 0.05) is 11.6 Å². The fourth-order valence-electron chi connectivity index (χ4n) is 1.82. The lowest BCUT2D eigenvalue weighted by atomic mass is 10.1. The lowest BCUT2D eigenvalue weighted by Crippen LogP contribution is -2.00. The Morgan fingerprint density at radius 1 is 1.25 bits per heavy atom. The number of rotatable bonds is 4. The quantitative estimate of drug-likeness (QED) is 0.829. The molecule has 0 fully saturated rings. The number of nitrogens with two attached hydrogens (primary N) is 1. The van der Waals surface area contributed by atoms with Crippen molar-refractivity contribution in [2.24, 2.45) is 5.73 Å². The van der Waals surface area contributed by atoms with Crippen molar-refractivity contribution in [1.82, 2.24) is 0 Å². The van der Waals surface area contributed by atoms with Crippen LogP contribution in [-0.4, -0.2) is 0 Å². The SMILES string of the molecule is CCc1cc(Oc2ccc(CN)c(Br)c2F)ccc1Cl. The van der Waals surface area contributed by atoms with Crippen LogP contribution < -0.4 is 10.5 Å². The van der Waals surface area contributed by atoms with Crippen molar-refractivity contribution in [3.63, 3.8) is 0 Å². The first-order valence-corrected chi connectivity index (χ1v) is 7.37. The van der Waals surface area contributed by atoms with E-state index in [-0.39, 0.29) is 12.3 Å². The van der Waals surface area contributed by atoms with Crippen molar-refractivity contribution in [3.8, 4) is 11.5 Å². The molecule has 0 aliphatic rings. The van der Waals surface area contributed by atoms with E-state index in [4.69, 9.17) is 22.1 Å². The average Bonchev–Trinajstić information content (AvgIpc) is 2.46. The molecule has 2 nitrogen and oxygen atoms in total. The van der Waals surface area contributed by atoms with Crippen molar-refractivity contribution >= 4 is 27.5 Å². The van der Waals surface area contributed by atoms with Crippen LogP contribution in [0.2, 0.25) is 5.02 Å². The van der Waals surface area contributed by atoms with Gasteiger partial charge in [-0.1, -0.05) is 24.6 Å². The largest absolute Gasteiger partial charge is 0.454 e. The summed E-state index contributed by atoms with van der Waals surface area (Å²) in [7, 11) is 0. The summed E-state index contributed by atoms with van der Waals surface area (Å²) in [6.07, 6.45) is 0.786. The molecule has 20 heavy (non-hydrogen) atoms. The van der Waals surface area contributed by atoms with Crippen LogP contribution in [0.25, 0.3) is 0 Å². The molecule has 0 amide bonds. The van der Waals surface area contributed by atoms with Crippen LogP contribution in [0.3, 0.4) is 0 Å². The third-order valence-corrected chi connectivity index (χ3v) is 4.20. The predicted molar refractivity (Wildman–Crippen MR) is 82.9 cm³/mol. The van der Waals surface area contributed by atoms with E-state index < -0.39 is 5.82 Å². The highest BCUT2D eigenvalue weighted by Crippen LogP contribution is 2.33. The first-order chi connectivity index (χ1) is 9.56. The predicted octanol–water partition coefficient (Wildman–Crippen LogP) is 5.06. The molecule has 2 aromatic carbocycles. The molecule has 0 heterocycles. The molecule has 2 N–H and O–H groups in total. The summed E-state index contributed by atoms with van der Waals surface area (Å²) in [4.78, 5) is 0. The van der Waals surface area contributed by atoms with E-state index >= 15 is 0 Å². The molecular weight excluding hydrogens is 345 g/mol. The van der Waals surface area contributed by atoms with Gasteiger partial charge in [-0.05, 0) is 57.7 Å². The van der Waals surface area contributed by atoms with E-state index in [0.29, 0.717) is 20.8 Å². The molecule has 2 rings (SSSR count). The number of ether oxygens (including phenoxy) is 1. The zero-order valence-electron chi connectivity index (χ0n) is 10.9. The smallest absolute Gasteiger partial charge is 0.180 e. The minimum absolute atomic E-state index is 0.151. The second-order valence-electron chi connectivity index (χ2n) is 4.26. The van der Waals surface area contributed by atoms with Crippen LogP contribution in [0.1, 0.15) is 18.1 Å². The van der Waals surface area contributed by atoms with Gasteiger partial charge in [-0.2, -0.15) is 0 Å². The van der Waals surface area contributed by atoms with Gasteiger partial charge >= 0.3 is 0 Å². The summed E-state index contributed by atoms with van der Waals surface area (Å²) in [6.45, 7) is 2.26. The Kier molecular flexibility index (Phi) is 5.02. The van der Waals surface area contributed by atoms with Gasteiger partial charge in [-0.25, -0.2) is 4.39 Å². The third-order valence-electron chi connectivity index (χ3n) is 2.97. The number of hydrogen-bond acceptors (Lipinski definition) is 2. The van der Waals surface area contributed by atoms with Gasteiger partial charge in [0.25, 0.3) is 0 Å². The molecule has 0 aromatic heterocycles. The minimum Gasteiger partial charge on any atom is -0.454 e. The summed E-state index contributed by atoms with van der Waals surface area (Å²) in [6, 6.07) is 8.58. The Morgan fingerprint density at radius 2 is 2.00 bits per heavy atom. The Hall–Kier alpha value is -1.10. The molecule has 0 radical (unpaired) electrons. The molecule has 5 heteroatoms. The van der Waals surface area contributed by atoms with Gasteiger partial charge in [0.15, 0.2) is 11.6 Å². The van der Waals surface area contributed by atoms with E-state index in [9.17, 15) is 4.39 Å². The first-order valence-electron chi connectivity index (χ1n) is 6.20. The summed E-state index contributed by atoms with van der Waals surface area (Å²) in [5.74, 6) is 0.247. The van der Waals surface area contributed by atoms with Crippen molar-refractivity contribution in [2.45, 2.75) is 19.9 Å². The van der Waals surface area contributed by atoms with Gasteiger partial charge < -0.3 is 10.5 Å². The second-order valence-corrected chi connectivity index (χ2v) is 5.46. The fourth-order valence-corrected chi connectivity index (χ4v) is 2.56. The Balaban J connectivity index is 2.33.